The molecule has 27 heavy (non-hydrogen) atoms. The molecule has 2 unspecified atom stereocenters. The molecule has 0 saturated carbocycles. The third kappa shape index (κ3) is 6.04. The van der Waals surface area contributed by atoms with Gasteiger partial charge >= 0.3 is 0 Å². The van der Waals surface area contributed by atoms with Gasteiger partial charge in [0, 0.05) is 24.0 Å². The second kappa shape index (κ2) is 8.73. The summed E-state index contributed by atoms with van der Waals surface area (Å²) in [6.07, 6.45) is -0.0627. The Balaban J connectivity index is 1.62. The van der Waals surface area contributed by atoms with E-state index >= 15 is 0 Å². The van der Waals surface area contributed by atoms with Crippen molar-refractivity contribution in [3.05, 3.63) is 51.7 Å². The highest BCUT2D eigenvalue weighted by Gasteiger charge is 2.33. The minimum absolute atomic E-state index is 0.0482. The zero-order valence-electron chi connectivity index (χ0n) is 15.8. The number of sulfone groups is 1. The number of ether oxygens (including phenoxy) is 1. The fraction of sp³-hybridized carbons (Fsp3) is 0.500. The molecule has 7 heteroatoms. The number of hydrogen-bond acceptors (Lipinski definition) is 6. The Morgan fingerprint density at radius 1 is 1.30 bits per heavy atom. The lowest BCUT2D eigenvalue weighted by molar-refractivity contribution is 0.0528. The quantitative estimate of drug-likeness (QED) is 0.726. The Labute approximate surface area is 165 Å². The van der Waals surface area contributed by atoms with Crippen molar-refractivity contribution < 1.29 is 18.3 Å². The van der Waals surface area contributed by atoms with Gasteiger partial charge in [0.25, 0.3) is 0 Å². The third-order valence-electron chi connectivity index (χ3n) is 4.75. The smallest absolute Gasteiger partial charge is 0.151 e. The van der Waals surface area contributed by atoms with Crippen molar-refractivity contribution in [3.8, 4) is 5.75 Å². The molecule has 1 aliphatic heterocycles. The van der Waals surface area contributed by atoms with Crippen molar-refractivity contribution in [2.24, 2.45) is 0 Å². The van der Waals surface area contributed by atoms with Gasteiger partial charge in [0.1, 0.15) is 18.5 Å². The Hall–Kier alpha value is -1.41. The standard InChI is InChI=1S/C20H27NO4S2/c1-15-8-16(2)10-19(9-15)25-13-18(22)11-21(12-20-4-3-6-26-20)17-5-7-27(23,24)14-17/h3-4,6,8-10,17-18,22H,5,7,11-14H2,1-2H3. The molecule has 2 heterocycles. The zero-order valence-corrected chi connectivity index (χ0v) is 17.4. The molecule has 148 valence electrons. The summed E-state index contributed by atoms with van der Waals surface area (Å²) >= 11 is 1.65. The molecule has 1 aromatic carbocycles. The van der Waals surface area contributed by atoms with Crippen LogP contribution in [0.15, 0.2) is 35.7 Å². The highest BCUT2D eigenvalue weighted by molar-refractivity contribution is 7.91. The Morgan fingerprint density at radius 3 is 2.63 bits per heavy atom. The van der Waals surface area contributed by atoms with Gasteiger partial charge in [-0.2, -0.15) is 0 Å². The molecule has 1 saturated heterocycles. The van der Waals surface area contributed by atoms with Crippen molar-refractivity contribution in [2.75, 3.05) is 24.7 Å². The van der Waals surface area contributed by atoms with Crippen LogP contribution in [-0.2, 0) is 16.4 Å². The Kier molecular flexibility index (Phi) is 6.57. The highest BCUT2D eigenvalue weighted by Crippen LogP contribution is 2.22. The first-order chi connectivity index (χ1) is 12.8. The molecule has 1 aromatic heterocycles. The average Bonchev–Trinajstić information content (AvgIpc) is 3.20. The van der Waals surface area contributed by atoms with Gasteiger partial charge in [-0.3, -0.25) is 4.90 Å². The number of aliphatic hydroxyl groups is 1. The van der Waals surface area contributed by atoms with E-state index < -0.39 is 15.9 Å². The lowest BCUT2D eigenvalue weighted by Crippen LogP contribution is -2.42. The van der Waals surface area contributed by atoms with E-state index in [1.165, 1.54) is 4.88 Å². The van der Waals surface area contributed by atoms with Crippen LogP contribution in [0.3, 0.4) is 0 Å². The van der Waals surface area contributed by atoms with E-state index in [0.717, 1.165) is 16.9 Å². The van der Waals surface area contributed by atoms with Crippen molar-refractivity contribution in [1.82, 2.24) is 4.90 Å². The summed E-state index contributed by atoms with van der Waals surface area (Å²) in [4.78, 5) is 3.26. The van der Waals surface area contributed by atoms with Gasteiger partial charge in [-0.1, -0.05) is 12.1 Å². The summed E-state index contributed by atoms with van der Waals surface area (Å²) in [6.45, 7) is 5.25. The van der Waals surface area contributed by atoms with Gasteiger partial charge in [-0.25, -0.2) is 8.42 Å². The van der Waals surface area contributed by atoms with Crippen LogP contribution in [0.2, 0.25) is 0 Å². The molecule has 3 rings (SSSR count). The second-order valence-electron chi connectivity index (χ2n) is 7.35. The van der Waals surface area contributed by atoms with Crippen LogP contribution in [0.25, 0.3) is 0 Å². The van der Waals surface area contributed by atoms with E-state index in [9.17, 15) is 13.5 Å². The Bertz CT molecular complexity index is 829. The zero-order chi connectivity index (χ0) is 19.4. The normalized spacial score (nSPS) is 20.1. The van der Waals surface area contributed by atoms with Crippen LogP contribution in [-0.4, -0.2) is 55.2 Å². The second-order valence-corrected chi connectivity index (χ2v) is 10.6. The number of aliphatic hydroxyl groups excluding tert-OH is 1. The summed E-state index contributed by atoms with van der Waals surface area (Å²) in [5.74, 6) is 1.15. The molecule has 5 nitrogen and oxygen atoms in total. The highest BCUT2D eigenvalue weighted by atomic mass is 32.2. The van der Waals surface area contributed by atoms with Crippen LogP contribution in [0.4, 0.5) is 0 Å². The first-order valence-corrected chi connectivity index (χ1v) is 11.9. The minimum Gasteiger partial charge on any atom is -0.491 e. The van der Waals surface area contributed by atoms with Crippen molar-refractivity contribution >= 4 is 21.2 Å². The summed E-state index contributed by atoms with van der Waals surface area (Å²) in [5.41, 5.74) is 2.24. The van der Waals surface area contributed by atoms with Crippen molar-refractivity contribution in [2.45, 2.75) is 39.0 Å². The van der Waals surface area contributed by atoms with Crippen molar-refractivity contribution in [1.29, 1.82) is 0 Å². The summed E-state index contributed by atoms with van der Waals surface area (Å²) in [7, 11) is -2.97. The number of aryl methyl sites for hydroxylation is 2. The first kappa shape index (κ1) is 20.3. The minimum atomic E-state index is -2.97. The van der Waals surface area contributed by atoms with E-state index in [2.05, 4.69) is 11.0 Å². The van der Waals surface area contributed by atoms with Gasteiger partial charge in [-0.15, -0.1) is 11.3 Å². The molecular formula is C20H27NO4S2. The van der Waals surface area contributed by atoms with Gasteiger partial charge in [0.05, 0.1) is 11.5 Å². The van der Waals surface area contributed by atoms with Crippen LogP contribution in [0.5, 0.6) is 5.75 Å². The molecule has 0 amide bonds. The fourth-order valence-corrected chi connectivity index (χ4v) is 6.03. The molecule has 2 aromatic rings. The molecule has 2 atom stereocenters. The van der Waals surface area contributed by atoms with Crippen molar-refractivity contribution in [3.63, 3.8) is 0 Å². The monoisotopic (exact) mass is 409 g/mol. The van der Waals surface area contributed by atoms with E-state index in [0.29, 0.717) is 19.5 Å². The lowest BCUT2D eigenvalue weighted by Gasteiger charge is -2.29. The van der Waals surface area contributed by atoms with Gasteiger partial charge in [-0.05, 0) is 55.0 Å². The van der Waals surface area contributed by atoms with E-state index in [1.807, 2.05) is 43.5 Å². The Morgan fingerprint density at radius 2 is 2.04 bits per heavy atom. The van der Waals surface area contributed by atoms with Crippen LogP contribution >= 0.6 is 11.3 Å². The molecule has 1 N–H and O–H groups in total. The largest absolute Gasteiger partial charge is 0.491 e. The predicted molar refractivity (Wildman–Crippen MR) is 109 cm³/mol. The van der Waals surface area contributed by atoms with Crippen LogP contribution in [0, 0.1) is 13.8 Å². The van der Waals surface area contributed by atoms with E-state index in [4.69, 9.17) is 4.74 Å². The van der Waals surface area contributed by atoms with Gasteiger partial charge < -0.3 is 9.84 Å². The number of nitrogens with zero attached hydrogens (tertiary/aromatic N) is 1. The number of thiophene rings is 1. The summed E-state index contributed by atoms with van der Waals surface area (Å²) < 4.78 is 29.6. The summed E-state index contributed by atoms with van der Waals surface area (Å²) in [5, 5.41) is 12.5. The number of benzene rings is 1. The van der Waals surface area contributed by atoms with E-state index in [-0.39, 0.29) is 24.2 Å². The SMILES string of the molecule is Cc1cc(C)cc(OCC(O)CN(Cc2cccs2)C2CCS(=O)(=O)C2)c1. The maximum atomic E-state index is 11.9. The fourth-order valence-electron chi connectivity index (χ4n) is 3.54. The molecular weight excluding hydrogens is 382 g/mol. The lowest BCUT2D eigenvalue weighted by atomic mass is 10.1. The molecule has 0 bridgehead atoms. The maximum absolute atomic E-state index is 11.9. The van der Waals surface area contributed by atoms with Crippen LogP contribution in [0.1, 0.15) is 22.4 Å². The number of rotatable bonds is 8. The topological polar surface area (TPSA) is 66.8 Å². The molecule has 1 fully saturated rings. The average molecular weight is 410 g/mol. The predicted octanol–water partition coefficient (Wildman–Crippen LogP) is 2.79. The van der Waals surface area contributed by atoms with E-state index in [1.54, 1.807) is 11.3 Å². The molecule has 0 aliphatic carbocycles. The molecule has 1 aliphatic rings. The molecule has 0 spiro atoms. The van der Waals surface area contributed by atoms with Gasteiger partial charge in [0.15, 0.2) is 9.84 Å². The maximum Gasteiger partial charge on any atom is 0.151 e. The molecule has 0 radical (unpaired) electrons. The number of hydrogen-bond donors (Lipinski definition) is 1. The van der Waals surface area contributed by atoms with Crippen LogP contribution < -0.4 is 4.74 Å². The third-order valence-corrected chi connectivity index (χ3v) is 7.36. The van der Waals surface area contributed by atoms with Gasteiger partial charge in [0.2, 0.25) is 0 Å². The first-order valence-electron chi connectivity index (χ1n) is 9.17. The summed E-state index contributed by atoms with van der Waals surface area (Å²) in [6, 6.07) is 9.96.